The van der Waals surface area contributed by atoms with Crippen LogP contribution in [0.3, 0.4) is 0 Å². The molecule has 110 valence electrons. The van der Waals surface area contributed by atoms with Crippen molar-refractivity contribution < 1.29 is 9.53 Å². The molecule has 2 aliphatic heterocycles. The minimum atomic E-state index is -0.126. The number of hydrogen-bond acceptors (Lipinski definition) is 3. The Hall–Kier alpha value is -0.610. The third kappa shape index (κ3) is 3.69. The van der Waals surface area contributed by atoms with E-state index in [4.69, 9.17) is 4.74 Å². The minimum Gasteiger partial charge on any atom is -0.363 e. The molecular formula is C15H28N2O2. The molecule has 2 fully saturated rings. The molecule has 0 atom stereocenters. The Balaban J connectivity index is 1.73. The molecular weight excluding hydrogens is 240 g/mol. The molecule has 2 saturated heterocycles. The van der Waals surface area contributed by atoms with Gasteiger partial charge >= 0.3 is 0 Å². The first kappa shape index (κ1) is 14.8. The van der Waals surface area contributed by atoms with Crippen molar-refractivity contribution in [2.24, 2.45) is 11.3 Å². The summed E-state index contributed by atoms with van der Waals surface area (Å²) in [7, 11) is 0. The summed E-state index contributed by atoms with van der Waals surface area (Å²) in [6.07, 6.45) is 2.24. The van der Waals surface area contributed by atoms with Crippen LogP contribution in [0, 0.1) is 11.3 Å². The Morgan fingerprint density at radius 1 is 1.32 bits per heavy atom. The van der Waals surface area contributed by atoms with Crippen LogP contribution in [-0.4, -0.2) is 49.2 Å². The summed E-state index contributed by atoms with van der Waals surface area (Å²) < 4.78 is 5.72. The highest BCUT2D eigenvalue weighted by molar-refractivity contribution is 5.77. The van der Waals surface area contributed by atoms with Gasteiger partial charge in [-0.1, -0.05) is 20.8 Å². The van der Waals surface area contributed by atoms with Gasteiger partial charge in [-0.25, -0.2) is 0 Å². The predicted molar refractivity (Wildman–Crippen MR) is 76.0 cm³/mol. The number of hydrogen-bond donors (Lipinski definition) is 1. The van der Waals surface area contributed by atoms with Gasteiger partial charge in [-0.2, -0.15) is 0 Å². The smallest absolute Gasteiger partial charge is 0.248 e. The van der Waals surface area contributed by atoms with Gasteiger partial charge < -0.3 is 15.0 Å². The van der Waals surface area contributed by atoms with Crippen molar-refractivity contribution in [1.29, 1.82) is 0 Å². The number of carbonyl (C=O) groups is 1. The van der Waals surface area contributed by atoms with Crippen LogP contribution in [0.15, 0.2) is 0 Å². The maximum absolute atomic E-state index is 12.1. The van der Waals surface area contributed by atoms with Gasteiger partial charge in [0.05, 0.1) is 5.60 Å². The van der Waals surface area contributed by atoms with Gasteiger partial charge in [0.2, 0.25) is 5.91 Å². The second-order valence-corrected chi connectivity index (χ2v) is 7.36. The molecule has 0 bridgehead atoms. The Morgan fingerprint density at radius 3 is 2.32 bits per heavy atom. The molecule has 0 spiro atoms. The molecule has 0 aromatic rings. The summed E-state index contributed by atoms with van der Waals surface area (Å²) >= 11 is 0. The van der Waals surface area contributed by atoms with Crippen LogP contribution < -0.4 is 5.32 Å². The quantitative estimate of drug-likeness (QED) is 0.846. The van der Waals surface area contributed by atoms with E-state index in [0.717, 1.165) is 44.9 Å². The lowest BCUT2D eigenvalue weighted by molar-refractivity contribution is -0.147. The van der Waals surface area contributed by atoms with Crippen LogP contribution in [0.2, 0.25) is 0 Å². The fourth-order valence-corrected chi connectivity index (χ4v) is 2.90. The van der Waals surface area contributed by atoms with Crippen molar-refractivity contribution in [1.82, 2.24) is 10.2 Å². The van der Waals surface area contributed by atoms with Crippen LogP contribution >= 0.6 is 0 Å². The van der Waals surface area contributed by atoms with E-state index in [-0.39, 0.29) is 18.1 Å². The van der Waals surface area contributed by atoms with Gasteiger partial charge in [0.15, 0.2) is 0 Å². The molecule has 0 unspecified atom stereocenters. The van der Waals surface area contributed by atoms with E-state index in [9.17, 15) is 4.79 Å². The molecule has 0 aliphatic carbocycles. The number of piperidine rings is 1. The molecule has 0 aromatic carbocycles. The first-order valence-electron chi connectivity index (χ1n) is 7.43. The second kappa shape index (κ2) is 5.41. The number of likely N-dealkylation sites (tertiary alicyclic amines) is 1. The van der Waals surface area contributed by atoms with Crippen LogP contribution in [0.1, 0.15) is 40.5 Å². The fraction of sp³-hybridized carbons (Fsp3) is 0.933. The topological polar surface area (TPSA) is 41.6 Å². The van der Waals surface area contributed by atoms with Gasteiger partial charge in [-0.05, 0) is 31.1 Å². The third-order valence-electron chi connectivity index (χ3n) is 4.61. The highest BCUT2D eigenvalue weighted by atomic mass is 16.5. The Bertz CT molecular complexity index is 324. The molecule has 19 heavy (non-hydrogen) atoms. The van der Waals surface area contributed by atoms with Crippen molar-refractivity contribution in [2.75, 3.05) is 32.8 Å². The normalized spacial score (nSPS) is 24.1. The summed E-state index contributed by atoms with van der Waals surface area (Å²) in [6, 6.07) is 0. The average Bonchev–Trinajstić information content (AvgIpc) is 2.33. The van der Waals surface area contributed by atoms with Crippen LogP contribution in [0.5, 0.6) is 0 Å². The summed E-state index contributed by atoms with van der Waals surface area (Å²) in [6.45, 7) is 12.7. The predicted octanol–water partition coefficient (Wildman–Crippen LogP) is 1.65. The SMILES string of the molecule is CC1(OCC(=O)N2CCC(C(C)(C)C)CC2)CNC1. The van der Waals surface area contributed by atoms with E-state index in [0.29, 0.717) is 5.41 Å². The number of nitrogens with zero attached hydrogens (tertiary/aromatic N) is 1. The second-order valence-electron chi connectivity index (χ2n) is 7.36. The lowest BCUT2D eigenvalue weighted by Crippen LogP contribution is -2.59. The summed E-state index contributed by atoms with van der Waals surface area (Å²) in [5.74, 6) is 0.881. The van der Waals surface area contributed by atoms with E-state index in [1.54, 1.807) is 0 Å². The Morgan fingerprint density at radius 2 is 1.89 bits per heavy atom. The minimum absolute atomic E-state index is 0.126. The Labute approximate surface area is 116 Å². The van der Waals surface area contributed by atoms with E-state index >= 15 is 0 Å². The lowest BCUT2D eigenvalue weighted by atomic mass is 9.75. The van der Waals surface area contributed by atoms with E-state index in [1.165, 1.54) is 0 Å². The van der Waals surface area contributed by atoms with Crippen LogP contribution in [-0.2, 0) is 9.53 Å². The van der Waals surface area contributed by atoms with E-state index < -0.39 is 0 Å². The van der Waals surface area contributed by atoms with E-state index in [1.807, 2.05) is 4.90 Å². The van der Waals surface area contributed by atoms with Crippen molar-refractivity contribution in [3.8, 4) is 0 Å². The first-order chi connectivity index (χ1) is 8.80. The van der Waals surface area contributed by atoms with E-state index in [2.05, 4.69) is 33.0 Å². The van der Waals surface area contributed by atoms with Crippen molar-refractivity contribution in [3.05, 3.63) is 0 Å². The molecule has 0 radical (unpaired) electrons. The third-order valence-corrected chi connectivity index (χ3v) is 4.61. The Kier molecular flexibility index (Phi) is 4.21. The number of nitrogens with one attached hydrogen (secondary N) is 1. The lowest BCUT2D eigenvalue weighted by Gasteiger charge is -2.41. The number of rotatable bonds is 3. The van der Waals surface area contributed by atoms with Gasteiger partial charge in [0.25, 0.3) is 0 Å². The molecule has 0 aromatic heterocycles. The summed E-state index contributed by atoms with van der Waals surface area (Å²) in [5, 5.41) is 3.18. The zero-order valence-electron chi connectivity index (χ0n) is 12.8. The van der Waals surface area contributed by atoms with Crippen molar-refractivity contribution in [3.63, 3.8) is 0 Å². The van der Waals surface area contributed by atoms with Gasteiger partial charge in [0, 0.05) is 26.2 Å². The highest BCUT2D eigenvalue weighted by Crippen LogP contribution is 2.34. The monoisotopic (exact) mass is 268 g/mol. The zero-order chi connectivity index (χ0) is 14.1. The number of amides is 1. The molecule has 1 amide bonds. The standard InChI is InChI=1S/C15H28N2O2/c1-14(2,3)12-5-7-17(8-6-12)13(18)9-19-15(4)10-16-11-15/h12,16H,5-11H2,1-4H3. The molecule has 2 heterocycles. The molecule has 0 saturated carbocycles. The van der Waals surface area contributed by atoms with Crippen molar-refractivity contribution >= 4 is 5.91 Å². The first-order valence-corrected chi connectivity index (χ1v) is 7.43. The van der Waals surface area contributed by atoms with Crippen molar-refractivity contribution in [2.45, 2.75) is 46.1 Å². The van der Waals surface area contributed by atoms with Crippen LogP contribution in [0.4, 0.5) is 0 Å². The van der Waals surface area contributed by atoms with Gasteiger partial charge in [0.1, 0.15) is 6.61 Å². The zero-order valence-corrected chi connectivity index (χ0v) is 12.8. The molecule has 4 heteroatoms. The maximum Gasteiger partial charge on any atom is 0.248 e. The summed E-state index contributed by atoms with van der Waals surface area (Å²) in [4.78, 5) is 14.1. The summed E-state index contributed by atoms with van der Waals surface area (Å²) in [5.41, 5.74) is 0.232. The number of carbonyl (C=O) groups excluding carboxylic acids is 1. The molecule has 1 N–H and O–H groups in total. The maximum atomic E-state index is 12.1. The fourth-order valence-electron chi connectivity index (χ4n) is 2.90. The van der Waals surface area contributed by atoms with Crippen LogP contribution in [0.25, 0.3) is 0 Å². The molecule has 2 aliphatic rings. The molecule has 4 nitrogen and oxygen atoms in total. The molecule has 2 rings (SSSR count). The number of ether oxygens (including phenoxy) is 1. The largest absolute Gasteiger partial charge is 0.363 e. The average molecular weight is 268 g/mol. The highest BCUT2D eigenvalue weighted by Gasteiger charge is 2.34. The van der Waals surface area contributed by atoms with Gasteiger partial charge in [-0.15, -0.1) is 0 Å². The van der Waals surface area contributed by atoms with Gasteiger partial charge in [-0.3, -0.25) is 4.79 Å².